The summed E-state index contributed by atoms with van der Waals surface area (Å²) >= 11 is 0. The van der Waals surface area contributed by atoms with Gasteiger partial charge >= 0.3 is 0 Å². The molecule has 19 heavy (non-hydrogen) atoms. The van der Waals surface area contributed by atoms with E-state index in [9.17, 15) is 4.79 Å². The van der Waals surface area contributed by atoms with Crippen molar-refractivity contribution in [1.29, 1.82) is 5.26 Å². The van der Waals surface area contributed by atoms with Crippen molar-refractivity contribution < 1.29 is 4.79 Å². The number of nitriles is 1. The summed E-state index contributed by atoms with van der Waals surface area (Å²) in [6.45, 7) is 0.686. The molecule has 0 unspecified atom stereocenters. The van der Waals surface area contributed by atoms with Crippen molar-refractivity contribution >= 4 is 11.6 Å². The number of carbonyl (C=O) groups excluding carboxylic acids is 1. The number of anilines is 1. The minimum Gasteiger partial charge on any atom is -0.376 e. The van der Waals surface area contributed by atoms with Crippen LogP contribution in [-0.2, 0) is 17.6 Å². The molecule has 0 saturated carbocycles. The molecule has 1 aromatic rings. The van der Waals surface area contributed by atoms with E-state index in [-0.39, 0.29) is 12.5 Å². The Morgan fingerprint density at radius 3 is 3.00 bits per heavy atom. The van der Waals surface area contributed by atoms with E-state index in [4.69, 9.17) is 5.26 Å². The molecule has 1 amide bonds. The molecule has 0 fully saturated rings. The third-order valence-corrected chi connectivity index (χ3v) is 3.39. The van der Waals surface area contributed by atoms with Gasteiger partial charge in [0.15, 0.2) is 0 Å². The molecule has 0 atom stereocenters. The third kappa shape index (κ3) is 3.72. The summed E-state index contributed by atoms with van der Waals surface area (Å²) in [6, 6.07) is 8.25. The molecule has 0 saturated heterocycles. The molecule has 4 heteroatoms. The van der Waals surface area contributed by atoms with Gasteiger partial charge in [-0.2, -0.15) is 5.26 Å². The Labute approximate surface area is 113 Å². The van der Waals surface area contributed by atoms with Crippen molar-refractivity contribution in [2.45, 2.75) is 32.1 Å². The Kier molecular flexibility index (Phi) is 4.79. The smallest absolute Gasteiger partial charge is 0.239 e. The molecule has 0 aliphatic heterocycles. The van der Waals surface area contributed by atoms with Gasteiger partial charge < -0.3 is 10.6 Å². The van der Waals surface area contributed by atoms with E-state index < -0.39 is 0 Å². The molecule has 0 aromatic heterocycles. The number of fused-ring (bicyclic) bond motifs is 1. The summed E-state index contributed by atoms with van der Waals surface area (Å²) in [5.74, 6) is -0.0661. The molecule has 0 spiro atoms. The SMILES string of the molecule is N#CCCNC(=O)CNc1cccc2c1CCCC2. The highest BCUT2D eigenvalue weighted by atomic mass is 16.1. The van der Waals surface area contributed by atoms with Gasteiger partial charge in [0.1, 0.15) is 0 Å². The summed E-state index contributed by atoms with van der Waals surface area (Å²) in [5, 5.41) is 14.3. The van der Waals surface area contributed by atoms with Crippen LogP contribution >= 0.6 is 0 Å². The first-order valence-corrected chi connectivity index (χ1v) is 6.79. The number of aryl methyl sites for hydroxylation is 1. The fourth-order valence-corrected chi connectivity index (χ4v) is 2.44. The first-order chi connectivity index (χ1) is 9.31. The van der Waals surface area contributed by atoms with Gasteiger partial charge in [0.25, 0.3) is 0 Å². The highest BCUT2D eigenvalue weighted by Gasteiger charge is 2.13. The van der Waals surface area contributed by atoms with Crippen molar-refractivity contribution in [3.63, 3.8) is 0 Å². The molecule has 1 aliphatic carbocycles. The number of nitrogens with one attached hydrogen (secondary N) is 2. The van der Waals surface area contributed by atoms with Gasteiger partial charge in [-0.05, 0) is 42.9 Å². The second-order valence-corrected chi connectivity index (χ2v) is 4.76. The predicted octanol–water partition coefficient (Wildman–Crippen LogP) is 2.01. The van der Waals surface area contributed by atoms with E-state index >= 15 is 0 Å². The highest BCUT2D eigenvalue weighted by Crippen LogP contribution is 2.27. The van der Waals surface area contributed by atoms with Gasteiger partial charge in [0.2, 0.25) is 5.91 Å². The molecule has 2 N–H and O–H groups in total. The Morgan fingerprint density at radius 1 is 1.32 bits per heavy atom. The zero-order valence-electron chi connectivity index (χ0n) is 11.0. The predicted molar refractivity (Wildman–Crippen MR) is 74.8 cm³/mol. The zero-order chi connectivity index (χ0) is 13.5. The van der Waals surface area contributed by atoms with Crippen molar-refractivity contribution in [2.24, 2.45) is 0 Å². The van der Waals surface area contributed by atoms with Gasteiger partial charge in [-0.25, -0.2) is 0 Å². The molecule has 1 aliphatic rings. The maximum absolute atomic E-state index is 11.6. The van der Waals surface area contributed by atoms with Crippen LogP contribution in [0, 0.1) is 11.3 Å². The van der Waals surface area contributed by atoms with Gasteiger partial charge in [-0.15, -0.1) is 0 Å². The van der Waals surface area contributed by atoms with Crippen LogP contribution in [0.1, 0.15) is 30.4 Å². The number of hydrogen-bond acceptors (Lipinski definition) is 3. The van der Waals surface area contributed by atoms with Crippen LogP contribution in [-0.4, -0.2) is 19.0 Å². The summed E-state index contributed by atoms with van der Waals surface area (Å²) in [7, 11) is 0. The minimum atomic E-state index is -0.0661. The van der Waals surface area contributed by atoms with Gasteiger partial charge in [-0.3, -0.25) is 4.79 Å². The third-order valence-electron chi connectivity index (χ3n) is 3.39. The standard InChI is InChI=1S/C15H19N3O/c16-9-4-10-17-15(19)11-18-14-8-3-6-12-5-1-2-7-13(12)14/h3,6,8,18H,1-2,4-5,7,10-11H2,(H,17,19). The molecule has 0 bridgehead atoms. The molecule has 100 valence electrons. The van der Waals surface area contributed by atoms with Gasteiger partial charge in [-0.1, -0.05) is 12.1 Å². The summed E-state index contributed by atoms with van der Waals surface area (Å²) in [6.07, 6.45) is 5.06. The van der Waals surface area contributed by atoms with Crippen LogP contribution < -0.4 is 10.6 Å². The lowest BCUT2D eigenvalue weighted by atomic mass is 9.90. The number of amides is 1. The number of rotatable bonds is 5. The molecule has 1 aromatic carbocycles. The molecule has 0 radical (unpaired) electrons. The van der Waals surface area contributed by atoms with Crippen LogP contribution in [0.15, 0.2) is 18.2 Å². The second-order valence-electron chi connectivity index (χ2n) is 4.76. The Hall–Kier alpha value is -2.02. The van der Waals surface area contributed by atoms with E-state index in [2.05, 4.69) is 16.7 Å². The quantitative estimate of drug-likeness (QED) is 0.793. The van der Waals surface area contributed by atoms with Crippen molar-refractivity contribution in [1.82, 2.24) is 5.32 Å². The summed E-state index contributed by atoms with van der Waals surface area (Å²) in [5.41, 5.74) is 3.84. The second kappa shape index (κ2) is 6.79. The number of benzene rings is 1. The van der Waals surface area contributed by atoms with Crippen LogP contribution in [0.3, 0.4) is 0 Å². The lowest BCUT2D eigenvalue weighted by Gasteiger charge is -2.20. The average Bonchev–Trinajstić information content (AvgIpc) is 2.45. The molecular weight excluding hydrogens is 238 g/mol. The minimum absolute atomic E-state index is 0.0661. The maximum Gasteiger partial charge on any atom is 0.239 e. The van der Waals surface area contributed by atoms with Crippen molar-refractivity contribution in [2.75, 3.05) is 18.4 Å². The van der Waals surface area contributed by atoms with E-state index in [1.807, 2.05) is 18.2 Å². The Bertz CT molecular complexity index is 491. The average molecular weight is 257 g/mol. The van der Waals surface area contributed by atoms with E-state index in [0.717, 1.165) is 18.5 Å². The number of carbonyl (C=O) groups is 1. The lowest BCUT2D eigenvalue weighted by Crippen LogP contribution is -2.30. The summed E-state index contributed by atoms with van der Waals surface area (Å²) in [4.78, 5) is 11.6. The maximum atomic E-state index is 11.6. The topological polar surface area (TPSA) is 64.9 Å². The molecular formula is C15H19N3O. The Balaban J connectivity index is 1.89. The van der Waals surface area contributed by atoms with E-state index in [1.165, 1.54) is 24.0 Å². The van der Waals surface area contributed by atoms with Crippen molar-refractivity contribution in [3.05, 3.63) is 29.3 Å². The Morgan fingerprint density at radius 2 is 2.16 bits per heavy atom. The highest BCUT2D eigenvalue weighted by molar-refractivity contribution is 5.81. The van der Waals surface area contributed by atoms with Gasteiger partial charge in [0.05, 0.1) is 19.0 Å². The zero-order valence-corrected chi connectivity index (χ0v) is 11.0. The normalized spacial score (nSPS) is 13.2. The number of nitrogens with zero attached hydrogens (tertiary/aromatic N) is 1. The fraction of sp³-hybridized carbons (Fsp3) is 0.467. The van der Waals surface area contributed by atoms with E-state index in [0.29, 0.717) is 13.0 Å². The van der Waals surface area contributed by atoms with E-state index in [1.54, 1.807) is 0 Å². The van der Waals surface area contributed by atoms with Gasteiger partial charge in [0, 0.05) is 12.2 Å². The lowest BCUT2D eigenvalue weighted by molar-refractivity contribution is -0.119. The van der Waals surface area contributed by atoms with Crippen molar-refractivity contribution in [3.8, 4) is 6.07 Å². The first-order valence-electron chi connectivity index (χ1n) is 6.79. The van der Waals surface area contributed by atoms with Crippen LogP contribution in [0.2, 0.25) is 0 Å². The van der Waals surface area contributed by atoms with Crippen LogP contribution in [0.4, 0.5) is 5.69 Å². The van der Waals surface area contributed by atoms with Crippen LogP contribution in [0.25, 0.3) is 0 Å². The molecule has 0 heterocycles. The molecule has 4 nitrogen and oxygen atoms in total. The summed E-state index contributed by atoms with van der Waals surface area (Å²) < 4.78 is 0. The fourth-order valence-electron chi connectivity index (χ4n) is 2.44. The number of hydrogen-bond donors (Lipinski definition) is 2. The monoisotopic (exact) mass is 257 g/mol. The first kappa shape index (κ1) is 13.4. The largest absolute Gasteiger partial charge is 0.376 e. The van der Waals surface area contributed by atoms with Crippen LogP contribution in [0.5, 0.6) is 0 Å². The molecule has 2 rings (SSSR count).